The zero-order chi connectivity index (χ0) is 16.9. The normalized spacial score (nSPS) is 36.1. The summed E-state index contributed by atoms with van der Waals surface area (Å²) in [7, 11) is 0. The van der Waals surface area contributed by atoms with Crippen molar-refractivity contribution in [3.63, 3.8) is 0 Å². The van der Waals surface area contributed by atoms with Gasteiger partial charge < -0.3 is 29.2 Å². The molecule has 132 valence electrons. The van der Waals surface area contributed by atoms with Crippen LogP contribution >= 0.6 is 0 Å². The Morgan fingerprint density at radius 1 is 1.17 bits per heavy atom. The minimum absolute atomic E-state index is 0.264. The zero-order valence-corrected chi connectivity index (χ0v) is 13.5. The van der Waals surface area contributed by atoms with Crippen LogP contribution in [0, 0.1) is 0 Å². The monoisotopic (exact) mass is 336 g/mol. The van der Waals surface area contributed by atoms with E-state index in [9.17, 15) is 10.2 Å². The number of fused-ring (bicyclic) bond motifs is 1. The fourth-order valence-corrected chi connectivity index (χ4v) is 2.92. The third-order valence-corrected chi connectivity index (χ3v) is 4.24. The fourth-order valence-electron chi connectivity index (χ4n) is 2.92. The van der Waals surface area contributed by atoms with Crippen molar-refractivity contribution < 1.29 is 29.2 Å². The highest BCUT2D eigenvalue weighted by molar-refractivity contribution is 5.16. The Labute approximate surface area is 141 Å². The molecule has 6 atom stereocenters. The van der Waals surface area contributed by atoms with Crippen LogP contribution in [0.4, 0.5) is 0 Å². The molecule has 2 saturated heterocycles. The van der Waals surface area contributed by atoms with Crippen molar-refractivity contribution in [3.05, 3.63) is 48.6 Å². The quantitative estimate of drug-likeness (QED) is 0.606. The van der Waals surface area contributed by atoms with Gasteiger partial charge in [-0.1, -0.05) is 36.4 Å². The maximum absolute atomic E-state index is 10.4. The summed E-state index contributed by atoms with van der Waals surface area (Å²) in [5, 5.41) is 20.7. The van der Waals surface area contributed by atoms with Gasteiger partial charge in [-0.05, 0) is 12.8 Å². The lowest BCUT2D eigenvalue weighted by Crippen LogP contribution is -2.62. The van der Waals surface area contributed by atoms with E-state index >= 15 is 0 Å². The van der Waals surface area contributed by atoms with Crippen molar-refractivity contribution in [1.82, 2.24) is 0 Å². The summed E-state index contributed by atoms with van der Waals surface area (Å²) in [6.45, 7) is 4.34. The number of ether oxygens (including phenoxy) is 4. The van der Waals surface area contributed by atoms with E-state index in [4.69, 9.17) is 18.9 Å². The van der Waals surface area contributed by atoms with E-state index in [-0.39, 0.29) is 6.61 Å². The average Bonchev–Trinajstić information content (AvgIpc) is 2.63. The molecule has 6 nitrogen and oxygen atoms in total. The molecule has 0 radical (unpaired) electrons. The number of hydrogen-bond acceptors (Lipinski definition) is 6. The Balaban J connectivity index is 1.60. The second-order valence-electron chi connectivity index (χ2n) is 6.00. The summed E-state index contributed by atoms with van der Waals surface area (Å²) < 4.78 is 22.8. The molecule has 2 aliphatic rings. The fraction of sp³-hybridized carbons (Fsp3) is 0.556. The summed E-state index contributed by atoms with van der Waals surface area (Å²) >= 11 is 0. The third kappa shape index (κ3) is 3.85. The summed E-state index contributed by atoms with van der Waals surface area (Å²) in [6.07, 6.45) is -1.45. The lowest BCUT2D eigenvalue weighted by molar-refractivity contribution is -0.361. The van der Waals surface area contributed by atoms with Gasteiger partial charge >= 0.3 is 0 Å². The number of rotatable bonds is 6. The van der Waals surface area contributed by atoms with Gasteiger partial charge in [0.05, 0.1) is 13.2 Å². The van der Waals surface area contributed by atoms with Gasteiger partial charge in [0.15, 0.2) is 12.6 Å². The molecule has 2 N–H and O–H groups in total. The van der Waals surface area contributed by atoms with Crippen LogP contribution in [0.25, 0.3) is 0 Å². The first kappa shape index (κ1) is 17.5. The summed E-state index contributed by atoms with van der Waals surface area (Å²) in [6, 6.07) is 9.48. The molecule has 3 rings (SSSR count). The molecule has 4 unspecified atom stereocenters. The Hall–Kier alpha value is -1.28. The molecule has 0 amide bonds. The first-order valence-corrected chi connectivity index (χ1v) is 8.27. The van der Waals surface area contributed by atoms with Crippen LogP contribution in [0.15, 0.2) is 43.0 Å². The topological polar surface area (TPSA) is 77.4 Å². The molecule has 0 spiro atoms. The summed E-state index contributed by atoms with van der Waals surface area (Å²) in [5.74, 6) is 0. The smallest absolute Gasteiger partial charge is 0.186 e. The molecule has 24 heavy (non-hydrogen) atoms. The Morgan fingerprint density at radius 2 is 1.96 bits per heavy atom. The lowest BCUT2D eigenvalue weighted by atomic mass is 9.98. The third-order valence-electron chi connectivity index (χ3n) is 4.24. The van der Waals surface area contributed by atoms with Gasteiger partial charge in [-0.15, -0.1) is 6.58 Å². The van der Waals surface area contributed by atoms with Gasteiger partial charge in [0.25, 0.3) is 0 Å². The van der Waals surface area contributed by atoms with Crippen LogP contribution in [0.5, 0.6) is 0 Å². The van der Waals surface area contributed by atoms with E-state index in [0.717, 1.165) is 18.4 Å². The maximum Gasteiger partial charge on any atom is 0.186 e. The predicted molar refractivity (Wildman–Crippen MR) is 86.1 cm³/mol. The predicted octanol–water partition coefficient (Wildman–Crippen LogP) is 1.53. The molecule has 6 heteroatoms. The van der Waals surface area contributed by atoms with Crippen molar-refractivity contribution in [3.8, 4) is 0 Å². The summed E-state index contributed by atoms with van der Waals surface area (Å²) in [4.78, 5) is 0. The van der Waals surface area contributed by atoms with Gasteiger partial charge in [0.1, 0.15) is 24.4 Å². The number of unbranched alkanes of at least 4 members (excludes halogenated alkanes) is 1. The van der Waals surface area contributed by atoms with E-state index in [1.54, 1.807) is 6.08 Å². The van der Waals surface area contributed by atoms with Gasteiger partial charge in [-0.25, -0.2) is 0 Å². The summed E-state index contributed by atoms with van der Waals surface area (Å²) in [5.41, 5.74) is 0.862. The standard InChI is InChI=1S/C18H24O6/c1-2-3-7-10-21-18-15(20)14(19)16-13(23-18)11-22-17(24-16)12-8-5-4-6-9-12/h2,4-6,8-9,13-20H,1,3,7,10-11H2/t13?,14?,15?,16-,17?,18-/m1/s1. The van der Waals surface area contributed by atoms with E-state index in [1.165, 1.54) is 0 Å². The molecule has 1 aromatic carbocycles. The van der Waals surface area contributed by atoms with Crippen LogP contribution < -0.4 is 0 Å². The SMILES string of the molecule is C=CCCCO[C@@H]1OC2COC(c3ccccc3)O[C@H]2C(O)C1O. The number of aliphatic hydroxyl groups excluding tert-OH is 2. The molecule has 0 aromatic heterocycles. The Kier molecular flexibility index (Phi) is 5.99. The van der Waals surface area contributed by atoms with E-state index in [1.807, 2.05) is 30.3 Å². The molecular formula is C18H24O6. The molecule has 2 fully saturated rings. The van der Waals surface area contributed by atoms with Gasteiger partial charge in [-0.2, -0.15) is 0 Å². The Bertz CT molecular complexity index is 520. The molecular weight excluding hydrogens is 312 g/mol. The first-order chi connectivity index (χ1) is 11.7. The maximum atomic E-state index is 10.4. The number of hydrogen-bond donors (Lipinski definition) is 2. The molecule has 0 aliphatic carbocycles. The van der Waals surface area contributed by atoms with Crippen LogP contribution in [-0.2, 0) is 18.9 Å². The van der Waals surface area contributed by atoms with Crippen LogP contribution in [-0.4, -0.2) is 54.1 Å². The van der Waals surface area contributed by atoms with Crippen LogP contribution in [0.1, 0.15) is 24.7 Å². The van der Waals surface area contributed by atoms with E-state index in [2.05, 4.69) is 6.58 Å². The minimum Gasteiger partial charge on any atom is -0.387 e. The number of allylic oxidation sites excluding steroid dienone is 1. The molecule has 1 aromatic rings. The largest absolute Gasteiger partial charge is 0.387 e. The van der Waals surface area contributed by atoms with Crippen molar-refractivity contribution in [1.29, 1.82) is 0 Å². The zero-order valence-electron chi connectivity index (χ0n) is 13.5. The lowest BCUT2D eigenvalue weighted by Gasteiger charge is -2.46. The second-order valence-corrected chi connectivity index (χ2v) is 6.00. The van der Waals surface area contributed by atoms with Crippen molar-refractivity contribution >= 4 is 0 Å². The molecule has 0 bridgehead atoms. The van der Waals surface area contributed by atoms with Crippen molar-refractivity contribution in [2.45, 2.75) is 49.8 Å². The molecule has 0 saturated carbocycles. The number of benzene rings is 1. The Morgan fingerprint density at radius 3 is 2.71 bits per heavy atom. The van der Waals surface area contributed by atoms with Crippen molar-refractivity contribution in [2.75, 3.05) is 13.2 Å². The van der Waals surface area contributed by atoms with E-state index < -0.39 is 37.0 Å². The van der Waals surface area contributed by atoms with E-state index in [0.29, 0.717) is 6.61 Å². The van der Waals surface area contributed by atoms with Crippen LogP contribution in [0.3, 0.4) is 0 Å². The average molecular weight is 336 g/mol. The molecule has 2 aliphatic heterocycles. The first-order valence-electron chi connectivity index (χ1n) is 8.27. The van der Waals surface area contributed by atoms with Gasteiger partial charge in [0.2, 0.25) is 0 Å². The van der Waals surface area contributed by atoms with Gasteiger partial charge in [-0.3, -0.25) is 0 Å². The molecule has 2 heterocycles. The van der Waals surface area contributed by atoms with Gasteiger partial charge in [0, 0.05) is 5.56 Å². The minimum atomic E-state index is -1.16. The number of aliphatic hydroxyl groups is 2. The van der Waals surface area contributed by atoms with Crippen molar-refractivity contribution in [2.24, 2.45) is 0 Å². The van der Waals surface area contributed by atoms with Crippen LogP contribution in [0.2, 0.25) is 0 Å². The second kappa shape index (κ2) is 8.20. The highest BCUT2D eigenvalue weighted by Crippen LogP contribution is 2.34. The highest BCUT2D eigenvalue weighted by Gasteiger charge is 2.49. The highest BCUT2D eigenvalue weighted by atomic mass is 16.8.